The number of carbonyl (C=O) groups excluding carboxylic acids is 1. The van der Waals surface area contributed by atoms with Crippen LogP contribution >= 0.6 is 11.3 Å². The van der Waals surface area contributed by atoms with Crippen LogP contribution in [0, 0.1) is 6.92 Å². The number of hydrogen-bond donors (Lipinski definition) is 0. The normalized spacial score (nSPS) is 20.4. The fraction of sp³-hybridized carbons (Fsp3) is 0.556. The van der Waals surface area contributed by atoms with Gasteiger partial charge in [0.15, 0.2) is 0 Å². The zero-order chi connectivity index (χ0) is 18.0. The zero-order valence-corrected chi connectivity index (χ0v) is 15.7. The summed E-state index contributed by atoms with van der Waals surface area (Å²) < 4.78 is 6.23. The van der Waals surface area contributed by atoms with Crippen LogP contribution in [0.15, 0.2) is 24.5 Å². The SMILES string of the molecule is Cc1nnc(CN2CCOC3(CCN(c4ccncc4)CC3)CC2=O)s1. The van der Waals surface area contributed by atoms with E-state index in [1.807, 2.05) is 36.4 Å². The molecule has 0 radical (unpaired) electrons. The fourth-order valence-electron chi connectivity index (χ4n) is 3.72. The van der Waals surface area contributed by atoms with Crippen LogP contribution in [0.2, 0.25) is 0 Å². The van der Waals surface area contributed by atoms with Gasteiger partial charge in [-0.1, -0.05) is 11.3 Å². The van der Waals surface area contributed by atoms with Crippen molar-refractivity contribution in [3.63, 3.8) is 0 Å². The molecule has 2 aromatic rings. The highest BCUT2D eigenvalue weighted by Gasteiger charge is 2.40. The molecule has 0 unspecified atom stereocenters. The number of nitrogens with zero attached hydrogens (tertiary/aromatic N) is 5. The third-order valence-corrected chi connectivity index (χ3v) is 6.02. The molecule has 1 spiro atoms. The molecule has 0 aromatic carbocycles. The van der Waals surface area contributed by atoms with Crippen molar-refractivity contribution in [3.8, 4) is 0 Å². The number of amides is 1. The first-order valence-electron chi connectivity index (χ1n) is 8.99. The summed E-state index contributed by atoms with van der Waals surface area (Å²) in [6, 6.07) is 4.06. The molecule has 2 aromatic heterocycles. The molecular formula is C18H23N5O2S. The van der Waals surface area contributed by atoms with Crippen molar-refractivity contribution in [1.82, 2.24) is 20.1 Å². The summed E-state index contributed by atoms with van der Waals surface area (Å²) in [5.74, 6) is 0.160. The maximum Gasteiger partial charge on any atom is 0.225 e. The van der Waals surface area contributed by atoms with E-state index in [1.54, 1.807) is 11.3 Å². The van der Waals surface area contributed by atoms with Gasteiger partial charge in [0.25, 0.3) is 0 Å². The van der Waals surface area contributed by atoms with Crippen LogP contribution < -0.4 is 4.90 Å². The molecule has 1 amide bonds. The first-order valence-corrected chi connectivity index (χ1v) is 9.81. The van der Waals surface area contributed by atoms with Crippen molar-refractivity contribution in [3.05, 3.63) is 34.5 Å². The third-order valence-electron chi connectivity index (χ3n) is 5.19. The van der Waals surface area contributed by atoms with Gasteiger partial charge in [-0.15, -0.1) is 10.2 Å². The van der Waals surface area contributed by atoms with E-state index in [0.717, 1.165) is 35.9 Å². The van der Waals surface area contributed by atoms with Crippen LogP contribution in [0.25, 0.3) is 0 Å². The van der Waals surface area contributed by atoms with E-state index in [4.69, 9.17) is 4.74 Å². The highest BCUT2D eigenvalue weighted by molar-refractivity contribution is 7.11. The molecule has 138 valence electrons. The molecule has 26 heavy (non-hydrogen) atoms. The highest BCUT2D eigenvalue weighted by atomic mass is 32.1. The molecule has 2 fully saturated rings. The molecule has 2 saturated heterocycles. The van der Waals surface area contributed by atoms with E-state index in [1.165, 1.54) is 5.69 Å². The van der Waals surface area contributed by atoms with Gasteiger partial charge in [0, 0.05) is 37.7 Å². The second-order valence-corrected chi connectivity index (χ2v) is 8.20. The Bertz CT molecular complexity index is 758. The minimum absolute atomic E-state index is 0.160. The first kappa shape index (κ1) is 17.4. The predicted octanol–water partition coefficient (Wildman–Crippen LogP) is 2.03. The van der Waals surface area contributed by atoms with E-state index >= 15 is 0 Å². The molecular weight excluding hydrogens is 350 g/mol. The summed E-state index contributed by atoms with van der Waals surface area (Å²) in [5.41, 5.74) is 0.856. The van der Waals surface area contributed by atoms with Crippen molar-refractivity contribution in [2.45, 2.75) is 38.3 Å². The lowest BCUT2D eigenvalue weighted by Crippen LogP contribution is -2.47. The largest absolute Gasteiger partial charge is 0.372 e. The summed E-state index contributed by atoms with van der Waals surface area (Å²) >= 11 is 1.55. The number of hydrogen-bond acceptors (Lipinski definition) is 7. The Labute approximate surface area is 157 Å². The Balaban J connectivity index is 1.39. The summed E-state index contributed by atoms with van der Waals surface area (Å²) in [4.78, 5) is 21.1. The van der Waals surface area contributed by atoms with Gasteiger partial charge in [-0.3, -0.25) is 9.78 Å². The molecule has 4 heterocycles. The van der Waals surface area contributed by atoms with Gasteiger partial charge in [0.2, 0.25) is 5.91 Å². The van der Waals surface area contributed by atoms with Crippen molar-refractivity contribution >= 4 is 22.9 Å². The van der Waals surface area contributed by atoms with Gasteiger partial charge in [0.1, 0.15) is 10.0 Å². The van der Waals surface area contributed by atoms with Gasteiger partial charge in [-0.2, -0.15) is 0 Å². The molecule has 0 saturated carbocycles. The van der Waals surface area contributed by atoms with Crippen molar-refractivity contribution < 1.29 is 9.53 Å². The highest BCUT2D eigenvalue weighted by Crippen LogP contribution is 2.34. The quantitative estimate of drug-likeness (QED) is 0.820. The zero-order valence-electron chi connectivity index (χ0n) is 14.9. The predicted molar refractivity (Wildman–Crippen MR) is 99.0 cm³/mol. The van der Waals surface area contributed by atoms with Gasteiger partial charge < -0.3 is 14.5 Å². The molecule has 4 rings (SSSR count). The number of piperidine rings is 1. The Kier molecular flexibility index (Phi) is 4.86. The van der Waals surface area contributed by atoms with E-state index in [9.17, 15) is 4.79 Å². The minimum atomic E-state index is -0.327. The smallest absolute Gasteiger partial charge is 0.225 e. The number of carbonyl (C=O) groups is 1. The van der Waals surface area contributed by atoms with Crippen LogP contribution in [0.5, 0.6) is 0 Å². The van der Waals surface area contributed by atoms with Crippen LogP contribution in [0.1, 0.15) is 29.3 Å². The Morgan fingerprint density at radius 1 is 1.19 bits per heavy atom. The van der Waals surface area contributed by atoms with Gasteiger partial charge in [0.05, 0.1) is 25.2 Å². The monoisotopic (exact) mass is 373 g/mol. The number of pyridine rings is 1. The number of ether oxygens (including phenoxy) is 1. The second kappa shape index (κ2) is 7.28. The molecule has 0 bridgehead atoms. The van der Waals surface area contributed by atoms with Crippen molar-refractivity contribution in [2.75, 3.05) is 31.1 Å². The Morgan fingerprint density at radius 2 is 1.96 bits per heavy atom. The standard InChI is InChI=1S/C18H23N5O2S/c1-14-20-21-16(26-14)13-23-10-11-25-18(12-17(23)24)4-8-22(9-5-18)15-2-6-19-7-3-15/h2-3,6-7H,4-5,8-13H2,1H3. The van der Waals surface area contributed by atoms with Crippen LogP contribution in [-0.2, 0) is 16.1 Å². The number of anilines is 1. The lowest BCUT2D eigenvalue weighted by atomic mass is 9.87. The van der Waals surface area contributed by atoms with Crippen LogP contribution in [0.3, 0.4) is 0 Å². The van der Waals surface area contributed by atoms with Crippen molar-refractivity contribution in [2.24, 2.45) is 0 Å². The topological polar surface area (TPSA) is 71.5 Å². The van der Waals surface area contributed by atoms with E-state index < -0.39 is 0 Å². The average Bonchev–Trinajstić information content (AvgIpc) is 3.00. The van der Waals surface area contributed by atoms with Crippen LogP contribution in [-0.4, -0.2) is 57.8 Å². The molecule has 0 N–H and O–H groups in total. The Morgan fingerprint density at radius 3 is 2.65 bits per heavy atom. The van der Waals surface area contributed by atoms with E-state index in [2.05, 4.69) is 20.1 Å². The van der Waals surface area contributed by atoms with Crippen LogP contribution in [0.4, 0.5) is 5.69 Å². The maximum absolute atomic E-state index is 12.8. The lowest BCUT2D eigenvalue weighted by Gasteiger charge is -2.41. The summed E-state index contributed by atoms with van der Waals surface area (Å²) in [7, 11) is 0. The summed E-state index contributed by atoms with van der Waals surface area (Å²) in [6.07, 6.45) is 5.82. The fourth-order valence-corrected chi connectivity index (χ4v) is 4.44. The first-order chi connectivity index (χ1) is 12.6. The number of aryl methyl sites for hydroxylation is 1. The summed E-state index contributed by atoms with van der Waals surface area (Å²) in [6.45, 7) is 5.46. The van der Waals surface area contributed by atoms with E-state index in [-0.39, 0.29) is 11.5 Å². The average molecular weight is 373 g/mol. The van der Waals surface area contributed by atoms with Crippen molar-refractivity contribution in [1.29, 1.82) is 0 Å². The minimum Gasteiger partial charge on any atom is -0.372 e. The number of aromatic nitrogens is 3. The molecule has 2 aliphatic rings. The van der Waals surface area contributed by atoms with E-state index in [0.29, 0.717) is 26.1 Å². The van der Waals surface area contributed by atoms with Gasteiger partial charge >= 0.3 is 0 Å². The van der Waals surface area contributed by atoms with Gasteiger partial charge in [-0.05, 0) is 31.9 Å². The molecule has 7 nitrogen and oxygen atoms in total. The molecule has 8 heteroatoms. The number of rotatable bonds is 3. The maximum atomic E-state index is 12.8. The lowest BCUT2D eigenvalue weighted by molar-refractivity contribution is -0.134. The summed E-state index contributed by atoms with van der Waals surface area (Å²) in [5, 5.41) is 10.0. The molecule has 0 atom stereocenters. The third kappa shape index (κ3) is 3.71. The molecule has 0 aliphatic carbocycles. The second-order valence-electron chi connectivity index (χ2n) is 6.93. The molecule has 2 aliphatic heterocycles. The Hall–Kier alpha value is -2.06. The van der Waals surface area contributed by atoms with Gasteiger partial charge in [-0.25, -0.2) is 0 Å².